The first kappa shape index (κ1) is 23.1. The second-order valence-corrected chi connectivity index (χ2v) is 7.19. The monoisotopic (exact) mass is 446 g/mol. The van der Waals surface area contributed by atoms with Gasteiger partial charge in [-0.25, -0.2) is 9.59 Å². The topological polar surface area (TPSA) is 154 Å². The number of H-pyrrole nitrogens is 1. The largest absolute Gasteiger partial charge is 0.463 e. The van der Waals surface area contributed by atoms with Gasteiger partial charge in [0.2, 0.25) is 0 Å². The Kier molecular flexibility index (Phi) is 7.33. The highest BCUT2D eigenvalue weighted by Gasteiger charge is 2.48. The minimum Gasteiger partial charge on any atom is -0.463 e. The van der Waals surface area contributed by atoms with Crippen molar-refractivity contribution < 1.29 is 33.7 Å². The van der Waals surface area contributed by atoms with Crippen LogP contribution in [0.25, 0.3) is 0 Å². The number of carbonyl (C=O) groups is 3. The third-order valence-corrected chi connectivity index (χ3v) is 4.78. The molecule has 0 radical (unpaired) electrons. The molecular formula is C21H22N2O9. The van der Waals surface area contributed by atoms with Crippen molar-refractivity contribution in [2.24, 2.45) is 0 Å². The summed E-state index contributed by atoms with van der Waals surface area (Å²) in [6, 6.07) is 9.07. The lowest BCUT2D eigenvalue weighted by atomic mass is 10.1. The van der Waals surface area contributed by atoms with Crippen LogP contribution < -0.4 is 11.2 Å². The first-order valence-electron chi connectivity index (χ1n) is 9.82. The van der Waals surface area contributed by atoms with Crippen molar-refractivity contribution in [1.29, 1.82) is 0 Å². The number of esters is 2. The van der Waals surface area contributed by atoms with Crippen molar-refractivity contribution in [2.45, 2.75) is 44.3 Å². The maximum Gasteiger partial charge on any atom is 0.338 e. The Balaban J connectivity index is 1.79. The number of aliphatic hydroxyl groups excluding tert-OH is 1. The minimum atomic E-state index is -1.45. The van der Waals surface area contributed by atoms with Gasteiger partial charge in [0.05, 0.1) is 12.0 Å². The van der Waals surface area contributed by atoms with E-state index in [1.54, 1.807) is 18.2 Å². The Labute approximate surface area is 181 Å². The Morgan fingerprint density at radius 2 is 1.84 bits per heavy atom. The zero-order valence-electron chi connectivity index (χ0n) is 17.1. The SMILES string of the molecule is CC(=O)CCC(=O)OCC1OC(n2ccc(=O)[nH]c2=O)C(OC(=O)c2ccccc2)C1O. The van der Waals surface area contributed by atoms with Gasteiger partial charge in [0.15, 0.2) is 12.3 Å². The lowest BCUT2D eigenvalue weighted by molar-refractivity contribution is -0.151. The van der Waals surface area contributed by atoms with Gasteiger partial charge in [0, 0.05) is 18.7 Å². The summed E-state index contributed by atoms with van der Waals surface area (Å²) in [5, 5.41) is 10.7. The molecule has 4 atom stereocenters. The zero-order chi connectivity index (χ0) is 23.3. The van der Waals surface area contributed by atoms with E-state index in [0.717, 1.165) is 16.8 Å². The van der Waals surface area contributed by atoms with E-state index in [1.165, 1.54) is 19.1 Å². The van der Waals surface area contributed by atoms with Crippen LogP contribution in [0.15, 0.2) is 52.2 Å². The summed E-state index contributed by atoms with van der Waals surface area (Å²) >= 11 is 0. The van der Waals surface area contributed by atoms with Crippen molar-refractivity contribution in [1.82, 2.24) is 9.55 Å². The number of rotatable bonds is 8. The van der Waals surface area contributed by atoms with Crippen molar-refractivity contribution in [2.75, 3.05) is 6.61 Å². The van der Waals surface area contributed by atoms with Crippen molar-refractivity contribution >= 4 is 17.7 Å². The number of ketones is 1. The summed E-state index contributed by atoms with van der Waals surface area (Å²) in [5.41, 5.74) is -1.26. The zero-order valence-corrected chi connectivity index (χ0v) is 17.1. The van der Waals surface area contributed by atoms with Gasteiger partial charge in [-0.2, -0.15) is 0 Å². The van der Waals surface area contributed by atoms with Gasteiger partial charge >= 0.3 is 17.6 Å². The Morgan fingerprint density at radius 1 is 1.12 bits per heavy atom. The maximum atomic E-state index is 12.5. The van der Waals surface area contributed by atoms with Gasteiger partial charge in [-0.1, -0.05) is 18.2 Å². The van der Waals surface area contributed by atoms with Crippen molar-refractivity contribution in [3.8, 4) is 0 Å². The van der Waals surface area contributed by atoms with Crippen LogP contribution in [0.1, 0.15) is 36.4 Å². The van der Waals surface area contributed by atoms with E-state index >= 15 is 0 Å². The van der Waals surface area contributed by atoms with Crippen LogP contribution >= 0.6 is 0 Å². The number of hydrogen-bond donors (Lipinski definition) is 2. The lowest BCUT2D eigenvalue weighted by Gasteiger charge is -2.22. The highest BCUT2D eigenvalue weighted by Crippen LogP contribution is 2.31. The van der Waals surface area contributed by atoms with Crippen LogP contribution in [0, 0.1) is 0 Å². The lowest BCUT2D eigenvalue weighted by Crippen LogP contribution is -2.40. The fourth-order valence-corrected chi connectivity index (χ4v) is 3.13. The maximum absolute atomic E-state index is 12.5. The molecule has 11 nitrogen and oxygen atoms in total. The normalized spacial score (nSPS) is 22.3. The number of aliphatic hydroxyl groups is 1. The van der Waals surface area contributed by atoms with Gasteiger partial charge in [0.25, 0.3) is 5.56 Å². The second-order valence-electron chi connectivity index (χ2n) is 7.19. The van der Waals surface area contributed by atoms with Gasteiger partial charge in [0.1, 0.15) is 24.6 Å². The third-order valence-electron chi connectivity index (χ3n) is 4.78. The summed E-state index contributed by atoms with van der Waals surface area (Å²) < 4.78 is 17.1. The van der Waals surface area contributed by atoms with E-state index in [2.05, 4.69) is 4.98 Å². The summed E-state index contributed by atoms with van der Waals surface area (Å²) in [6.07, 6.45) is -4.19. The van der Waals surface area contributed by atoms with Crippen LogP contribution in [-0.4, -0.2) is 57.3 Å². The molecule has 1 aliphatic heterocycles. The average Bonchev–Trinajstić information content (AvgIpc) is 3.06. The van der Waals surface area contributed by atoms with Crippen LogP contribution in [-0.2, 0) is 23.8 Å². The molecular weight excluding hydrogens is 424 g/mol. The molecule has 1 aromatic heterocycles. The van der Waals surface area contributed by atoms with Crippen LogP contribution in [0.3, 0.4) is 0 Å². The van der Waals surface area contributed by atoms with E-state index in [-0.39, 0.29) is 24.2 Å². The molecule has 0 saturated carbocycles. The molecule has 0 aliphatic carbocycles. The fourth-order valence-electron chi connectivity index (χ4n) is 3.13. The predicted octanol–water partition coefficient (Wildman–Crippen LogP) is -0.0671. The van der Waals surface area contributed by atoms with Gasteiger partial charge in [-0.05, 0) is 19.1 Å². The molecule has 2 heterocycles. The first-order valence-corrected chi connectivity index (χ1v) is 9.82. The molecule has 0 bridgehead atoms. The van der Waals surface area contributed by atoms with Gasteiger partial charge in [-0.3, -0.25) is 19.1 Å². The number of Topliss-reactive ketones (excluding diaryl/α,β-unsaturated/α-hetero) is 1. The van der Waals surface area contributed by atoms with Crippen LogP contribution in [0.2, 0.25) is 0 Å². The number of hydrogen-bond acceptors (Lipinski definition) is 9. The molecule has 2 N–H and O–H groups in total. The van der Waals surface area contributed by atoms with E-state index in [1.807, 2.05) is 0 Å². The highest BCUT2D eigenvalue weighted by atomic mass is 16.6. The first-order chi connectivity index (χ1) is 15.3. The average molecular weight is 446 g/mol. The molecule has 11 heteroatoms. The summed E-state index contributed by atoms with van der Waals surface area (Å²) in [4.78, 5) is 61.0. The molecule has 0 amide bonds. The second kappa shape index (κ2) is 10.2. The van der Waals surface area contributed by atoms with Crippen molar-refractivity contribution in [3.63, 3.8) is 0 Å². The Hall–Kier alpha value is -3.57. The number of nitrogens with one attached hydrogen (secondary N) is 1. The fraction of sp³-hybridized carbons (Fsp3) is 0.381. The molecule has 1 fully saturated rings. The molecule has 3 rings (SSSR count). The quantitative estimate of drug-likeness (QED) is 0.530. The molecule has 0 spiro atoms. The molecule has 1 saturated heterocycles. The number of aromatic amines is 1. The number of carbonyl (C=O) groups excluding carboxylic acids is 3. The van der Waals surface area contributed by atoms with Gasteiger partial charge in [-0.15, -0.1) is 0 Å². The third kappa shape index (κ3) is 5.56. The number of aromatic nitrogens is 2. The summed E-state index contributed by atoms with van der Waals surface area (Å²) in [7, 11) is 0. The molecule has 1 aromatic carbocycles. The smallest absolute Gasteiger partial charge is 0.338 e. The molecule has 1 aliphatic rings. The number of nitrogens with zero attached hydrogens (tertiary/aromatic N) is 1. The van der Waals surface area contributed by atoms with E-state index in [0.29, 0.717) is 0 Å². The number of benzene rings is 1. The van der Waals surface area contributed by atoms with E-state index in [4.69, 9.17) is 14.2 Å². The highest BCUT2D eigenvalue weighted by molar-refractivity contribution is 5.89. The molecule has 4 unspecified atom stereocenters. The predicted molar refractivity (Wildman–Crippen MR) is 108 cm³/mol. The molecule has 2 aromatic rings. The van der Waals surface area contributed by atoms with E-state index < -0.39 is 54.3 Å². The van der Waals surface area contributed by atoms with Gasteiger partial charge < -0.3 is 24.1 Å². The van der Waals surface area contributed by atoms with Crippen LogP contribution in [0.5, 0.6) is 0 Å². The Bertz CT molecular complexity index is 1090. The summed E-state index contributed by atoms with van der Waals surface area (Å²) in [6.45, 7) is 0.946. The molecule has 170 valence electrons. The minimum absolute atomic E-state index is 0.0135. The van der Waals surface area contributed by atoms with Crippen LogP contribution in [0.4, 0.5) is 0 Å². The van der Waals surface area contributed by atoms with E-state index in [9.17, 15) is 29.1 Å². The summed E-state index contributed by atoms with van der Waals surface area (Å²) in [5.74, 6) is -1.61. The number of ether oxygens (including phenoxy) is 3. The Morgan fingerprint density at radius 3 is 2.50 bits per heavy atom. The standard InChI is InChI=1S/C21H22N2O9/c1-12(24)7-8-16(26)30-11-14-17(27)18(32-20(28)13-5-3-2-4-6-13)19(31-14)23-10-9-15(25)22-21(23)29/h2-6,9-10,14,17-19,27H,7-8,11H2,1H3,(H,22,25,29). The van der Waals surface area contributed by atoms with Crippen molar-refractivity contribution in [3.05, 3.63) is 69.0 Å². The molecule has 32 heavy (non-hydrogen) atoms.